The second-order valence-corrected chi connectivity index (χ2v) is 3.18. The minimum absolute atomic E-state index is 0. The summed E-state index contributed by atoms with van der Waals surface area (Å²) in [5, 5.41) is 4.11. The zero-order valence-electron chi connectivity index (χ0n) is 8.75. The number of halogens is 2. The molecule has 0 amide bonds. The molecule has 0 saturated carbocycles. The van der Waals surface area contributed by atoms with Gasteiger partial charge in [0.05, 0.1) is 17.6 Å². The third-order valence-corrected chi connectivity index (χ3v) is 2.18. The van der Waals surface area contributed by atoms with E-state index in [0.717, 1.165) is 11.3 Å². The normalized spacial score (nSPS) is 9.06. The van der Waals surface area contributed by atoms with Gasteiger partial charge in [-0.15, -0.1) is 24.8 Å². The van der Waals surface area contributed by atoms with Crippen molar-refractivity contribution in [2.75, 3.05) is 11.5 Å². The number of aryl methyl sites for hydroxylation is 1. The fourth-order valence-electron chi connectivity index (χ4n) is 1.36. The molecule has 1 aromatic heterocycles. The molecule has 0 radical (unpaired) electrons. The lowest BCUT2D eigenvalue weighted by Gasteiger charge is -2.06. The van der Waals surface area contributed by atoms with E-state index >= 15 is 0 Å². The Labute approximate surface area is 106 Å². The fourth-order valence-corrected chi connectivity index (χ4v) is 1.36. The van der Waals surface area contributed by atoms with Crippen molar-refractivity contribution in [3.63, 3.8) is 0 Å². The zero-order valence-corrected chi connectivity index (χ0v) is 10.4. The fraction of sp³-hybridized carbons (Fsp3) is 0.100. The lowest BCUT2D eigenvalue weighted by molar-refractivity contribution is 0.883. The van der Waals surface area contributed by atoms with E-state index < -0.39 is 0 Å². The Morgan fingerprint density at radius 2 is 1.75 bits per heavy atom. The first-order chi connectivity index (χ1) is 6.70. The molecule has 2 aromatic rings. The molecule has 0 atom stereocenters. The van der Waals surface area contributed by atoms with Gasteiger partial charge in [0.25, 0.3) is 0 Å². The minimum atomic E-state index is 0. The highest BCUT2D eigenvalue weighted by Crippen LogP contribution is 2.20. The summed E-state index contributed by atoms with van der Waals surface area (Å²) in [6.45, 7) is 2.01. The first-order valence-electron chi connectivity index (χ1n) is 4.35. The summed E-state index contributed by atoms with van der Waals surface area (Å²) in [4.78, 5) is 0. The quantitative estimate of drug-likeness (QED) is 0.826. The van der Waals surface area contributed by atoms with Gasteiger partial charge in [-0.1, -0.05) is 18.2 Å². The van der Waals surface area contributed by atoms with Gasteiger partial charge in [0.15, 0.2) is 0 Å². The molecule has 1 aromatic carbocycles. The Kier molecular flexibility index (Phi) is 5.14. The molecule has 4 nitrogen and oxygen atoms in total. The molecule has 0 saturated heterocycles. The van der Waals surface area contributed by atoms with E-state index in [1.807, 2.05) is 31.2 Å². The van der Waals surface area contributed by atoms with Gasteiger partial charge < -0.3 is 11.5 Å². The predicted octanol–water partition coefficient (Wildman–Crippen LogP) is 2.19. The van der Waals surface area contributed by atoms with Crippen molar-refractivity contribution in [2.45, 2.75) is 6.92 Å². The standard InChI is InChI=1S/C10H12N4.2ClH/c1-7-4-2-3-5-9(7)14-10(12)8(11)6-13-14;;/h2-6H,11-12H2,1H3;2*1H. The van der Waals surface area contributed by atoms with Gasteiger partial charge in [0, 0.05) is 0 Å². The maximum absolute atomic E-state index is 5.78. The molecule has 0 fully saturated rings. The van der Waals surface area contributed by atoms with Crippen molar-refractivity contribution in [1.82, 2.24) is 9.78 Å². The second-order valence-electron chi connectivity index (χ2n) is 3.18. The lowest BCUT2D eigenvalue weighted by atomic mass is 10.2. The number of aromatic nitrogens is 2. The summed E-state index contributed by atoms with van der Waals surface area (Å²) in [5.74, 6) is 0.485. The van der Waals surface area contributed by atoms with Crippen LogP contribution < -0.4 is 11.5 Å². The van der Waals surface area contributed by atoms with E-state index in [4.69, 9.17) is 11.5 Å². The van der Waals surface area contributed by atoms with E-state index in [-0.39, 0.29) is 24.8 Å². The van der Waals surface area contributed by atoms with Crippen molar-refractivity contribution < 1.29 is 0 Å². The summed E-state index contributed by atoms with van der Waals surface area (Å²) in [6, 6.07) is 7.88. The molecule has 0 aliphatic heterocycles. The Bertz CT molecular complexity index is 468. The molecule has 6 heteroatoms. The van der Waals surface area contributed by atoms with Crippen molar-refractivity contribution in [2.24, 2.45) is 0 Å². The number of hydrogen-bond acceptors (Lipinski definition) is 3. The minimum Gasteiger partial charge on any atom is -0.394 e. The van der Waals surface area contributed by atoms with Gasteiger partial charge in [-0.2, -0.15) is 5.10 Å². The number of nitrogen functional groups attached to an aromatic ring is 2. The summed E-state index contributed by atoms with van der Waals surface area (Å²) < 4.78 is 1.64. The van der Waals surface area contributed by atoms with Gasteiger partial charge >= 0.3 is 0 Å². The van der Waals surface area contributed by atoms with Crippen LogP contribution in [-0.4, -0.2) is 9.78 Å². The van der Waals surface area contributed by atoms with Crippen LogP contribution in [0.4, 0.5) is 11.5 Å². The lowest BCUT2D eigenvalue weighted by Crippen LogP contribution is -2.04. The molecule has 0 unspecified atom stereocenters. The first kappa shape index (κ1) is 14.6. The summed E-state index contributed by atoms with van der Waals surface area (Å²) in [7, 11) is 0. The third kappa shape index (κ3) is 2.40. The Balaban J connectivity index is 0.00000112. The Morgan fingerprint density at radius 1 is 1.12 bits per heavy atom. The van der Waals surface area contributed by atoms with Gasteiger partial charge in [0.1, 0.15) is 5.82 Å². The maximum atomic E-state index is 5.78. The number of para-hydroxylation sites is 1. The zero-order chi connectivity index (χ0) is 10.1. The Hall–Kier alpha value is -1.39. The molecule has 0 spiro atoms. The van der Waals surface area contributed by atoms with E-state index in [0.29, 0.717) is 11.5 Å². The molecule has 16 heavy (non-hydrogen) atoms. The molecule has 4 N–H and O–H groups in total. The summed E-state index contributed by atoms with van der Waals surface area (Å²) in [6.07, 6.45) is 1.56. The average Bonchev–Trinajstić information content (AvgIpc) is 2.49. The predicted molar refractivity (Wildman–Crippen MR) is 71.6 cm³/mol. The van der Waals surface area contributed by atoms with Crippen LogP contribution in [0.5, 0.6) is 0 Å². The topological polar surface area (TPSA) is 69.9 Å². The molecule has 0 bridgehead atoms. The van der Waals surface area contributed by atoms with Crippen LogP contribution in [-0.2, 0) is 0 Å². The van der Waals surface area contributed by atoms with E-state index in [9.17, 15) is 0 Å². The van der Waals surface area contributed by atoms with Crippen molar-refractivity contribution in [3.8, 4) is 5.69 Å². The first-order valence-corrected chi connectivity index (χ1v) is 4.35. The highest BCUT2D eigenvalue weighted by Gasteiger charge is 2.07. The van der Waals surface area contributed by atoms with Crippen LogP contribution in [0.2, 0.25) is 0 Å². The van der Waals surface area contributed by atoms with Gasteiger partial charge in [-0.3, -0.25) is 0 Å². The van der Waals surface area contributed by atoms with Crippen molar-refractivity contribution in [1.29, 1.82) is 0 Å². The largest absolute Gasteiger partial charge is 0.394 e. The number of nitrogens with two attached hydrogens (primary N) is 2. The van der Waals surface area contributed by atoms with E-state index in [1.165, 1.54) is 0 Å². The highest BCUT2D eigenvalue weighted by molar-refractivity contribution is 5.85. The average molecular weight is 261 g/mol. The molecular weight excluding hydrogens is 247 g/mol. The number of nitrogens with zero attached hydrogens (tertiary/aromatic N) is 2. The second kappa shape index (κ2) is 5.63. The Morgan fingerprint density at radius 3 is 2.25 bits per heavy atom. The van der Waals surface area contributed by atoms with Crippen LogP contribution in [0.3, 0.4) is 0 Å². The number of rotatable bonds is 1. The molecule has 88 valence electrons. The van der Waals surface area contributed by atoms with Gasteiger partial charge in [-0.05, 0) is 18.6 Å². The van der Waals surface area contributed by atoms with E-state index in [2.05, 4.69) is 5.10 Å². The summed E-state index contributed by atoms with van der Waals surface area (Å²) in [5.41, 5.74) is 14.0. The number of benzene rings is 1. The van der Waals surface area contributed by atoms with Crippen molar-refractivity contribution >= 4 is 36.3 Å². The number of anilines is 2. The molecule has 0 aliphatic rings. The van der Waals surface area contributed by atoms with E-state index in [1.54, 1.807) is 10.9 Å². The molecular formula is C10H14Cl2N4. The van der Waals surface area contributed by atoms with Crippen molar-refractivity contribution in [3.05, 3.63) is 36.0 Å². The highest BCUT2D eigenvalue weighted by atomic mass is 35.5. The van der Waals surface area contributed by atoms with Crippen LogP contribution in [0, 0.1) is 6.92 Å². The van der Waals surface area contributed by atoms with Crippen LogP contribution >= 0.6 is 24.8 Å². The van der Waals surface area contributed by atoms with Gasteiger partial charge in [0.2, 0.25) is 0 Å². The van der Waals surface area contributed by atoms with Gasteiger partial charge in [-0.25, -0.2) is 4.68 Å². The third-order valence-electron chi connectivity index (χ3n) is 2.18. The number of hydrogen-bond donors (Lipinski definition) is 2. The maximum Gasteiger partial charge on any atom is 0.150 e. The van der Waals surface area contributed by atoms with Crippen LogP contribution in [0.1, 0.15) is 5.56 Å². The molecule has 1 heterocycles. The SMILES string of the molecule is Cc1ccccc1-n1ncc(N)c1N.Cl.Cl. The van der Waals surface area contributed by atoms with Crippen LogP contribution in [0.15, 0.2) is 30.5 Å². The monoisotopic (exact) mass is 260 g/mol. The summed E-state index contributed by atoms with van der Waals surface area (Å²) >= 11 is 0. The van der Waals surface area contributed by atoms with Crippen LogP contribution in [0.25, 0.3) is 5.69 Å². The molecule has 0 aliphatic carbocycles. The molecule has 2 rings (SSSR count). The smallest absolute Gasteiger partial charge is 0.150 e.